The molecule has 0 aliphatic rings. The highest BCUT2D eigenvalue weighted by Crippen LogP contribution is 2.34. The third kappa shape index (κ3) is 3.86. The first-order valence-corrected chi connectivity index (χ1v) is 7.81. The largest absolute Gasteiger partial charge is 0.489 e. The van der Waals surface area contributed by atoms with Gasteiger partial charge in [-0.2, -0.15) is 8.78 Å². The van der Waals surface area contributed by atoms with Gasteiger partial charge < -0.3 is 9.47 Å². The van der Waals surface area contributed by atoms with Crippen molar-refractivity contribution in [2.45, 2.75) is 6.61 Å². The van der Waals surface area contributed by atoms with Gasteiger partial charge in [0.2, 0.25) is 0 Å². The minimum atomic E-state index is -3.36. The highest BCUT2D eigenvalue weighted by atomic mass is 19.3. The van der Waals surface area contributed by atoms with Crippen LogP contribution in [0.2, 0.25) is 0 Å². The number of hydrogen-bond acceptors (Lipinski definition) is 2. The van der Waals surface area contributed by atoms with Crippen LogP contribution >= 0.6 is 0 Å². The lowest BCUT2D eigenvalue weighted by molar-refractivity contribution is -0.0544. The van der Waals surface area contributed by atoms with Gasteiger partial charge >= 0.3 is 6.61 Å². The smallest absolute Gasteiger partial charge is 0.387 e. The van der Waals surface area contributed by atoms with Gasteiger partial charge in [-0.15, -0.1) is 0 Å². The topological polar surface area (TPSA) is 18.5 Å². The van der Waals surface area contributed by atoms with Gasteiger partial charge in [-0.1, -0.05) is 24.8 Å². The van der Waals surface area contributed by atoms with Crippen LogP contribution < -0.4 is 9.47 Å². The number of rotatable bonds is 6. The molecule has 0 aromatic heterocycles. The summed E-state index contributed by atoms with van der Waals surface area (Å²) in [5.41, 5.74) is 0.549. The Morgan fingerprint density at radius 1 is 0.963 bits per heavy atom. The fraction of sp³-hybridized carbons (Fsp3) is 0.100. The monoisotopic (exact) mass is 380 g/mol. The van der Waals surface area contributed by atoms with E-state index in [-0.39, 0.29) is 22.9 Å². The Bertz CT molecular complexity index is 1000. The zero-order valence-electron chi connectivity index (χ0n) is 13.8. The molecule has 0 N–H and O–H groups in total. The van der Waals surface area contributed by atoms with E-state index in [1.807, 2.05) is 0 Å². The van der Waals surface area contributed by atoms with Crippen molar-refractivity contribution in [2.24, 2.45) is 0 Å². The molecule has 0 radical (unpaired) electrons. The SMILES string of the molecule is C=CCOc1ccc(-c2ccc3c(F)c(OC(F)F)c(F)cc3c2)c(F)c1. The number of halogens is 5. The average Bonchev–Trinajstić information content (AvgIpc) is 2.63. The predicted octanol–water partition coefficient (Wildman–Crippen LogP) is 6.09. The second-order valence-corrected chi connectivity index (χ2v) is 5.56. The molecule has 0 spiro atoms. The van der Waals surface area contributed by atoms with Crippen LogP contribution in [-0.2, 0) is 0 Å². The van der Waals surface area contributed by atoms with Crippen LogP contribution in [-0.4, -0.2) is 13.2 Å². The van der Waals surface area contributed by atoms with Gasteiger partial charge in [-0.05, 0) is 35.2 Å². The van der Waals surface area contributed by atoms with E-state index in [1.165, 1.54) is 36.4 Å². The summed E-state index contributed by atoms with van der Waals surface area (Å²) in [5.74, 6) is -3.95. The highest BCUT2D eigenvalue weighted by Gasteiger charge is 2.19. The van der Waals surface area contributed by atoms with Crippen LogP contribution in [0.3, 0.4) is 0 Å². The van der Waals surface area contributed by atoms with Gasteiger partial charge in [0.15, 0.2) is 17.4 Å². The van der Waals surface area contributed by atoms with E-state index >= 15 is 0 Å². The molecular formula is C20H13F5O2. The normalized spacial score (nSPS) is 11.0. The molecule has 0 aliphatic carbocycles. The first-order valence-electron chi connectivity index (χ1n) is 7.81. The zero-order valence-corrected chi connectivity index (χ0v) is 13.8. The summed E-state index contributed by atoms with van der Waals surface area (Å²) >= 11 is 0. The fourth-order valence-electron chi connectivity index (χ4n) is 2.65. The first kappa shape index (κ1) is 18.7. The standard InChI is InChI=1S/C20H13F5O2/c1-2-7-26-13-4-6-14(16(21)10-13)11-3-5-15-12(8-11)9-17(22)19(18(15)23)27-20(24)25/h2-6,8-10,20H,1,7H2. The molecule has 0 saturated carbocycles. The van der Waals surface area contributed by atoms with Crippen molar-refractivity contribution in [3.8, 4) is 22.6 Å². The lowest BCUT2D eigenvalue weighted by Gasteiger charge is -2.11. The van der Waals surface area contributed by atoms with Gasteiger partial charge in [-0.3, -0.25) is 0 Å². The third-order valence-corrected chi connectivity index (χ3v) is 3.81. The molecule has 3 aromatic rings. The van der Waals surface area contributed by atoms with Crippen molar-refractivity contribution in [3.05, 3.63) is 72.6 Å². The number of alkyl halides is 2. The van der Waals surface area contributed by atoms with Crippen molar-refractivity contribution in [1.29, 1.82) is 0 Å². The van der Waals surface area contributed by atoms with E-state index in [1.54, 1.807) is 6.07 Å². The molecular weight excluding hydrogens is 367 g/mol. The van der Waals surface area contributed by atoms with Crippen molar-refractivity contribution in [1.82, 2.24) is 0 Å². The van der Waals surface area contributed by atoms with Crippen LogP contribution in [0.5, 0.6) is 11.5 Å². The van der Waals surface area contributed by atoms with E-state index in [0.29, 0.717) is 11.3 Å². The molecule has 3 rings (SSSR count). The van der Waals surface area contributed by atoms with Crippen molar-refractivity contribution in [3.63, 3.8) is 0 Å². The molecule has 140 valence electrons. The lowest BCUT2D eigenvalue weighted by atomic mass is 10.00. The van der Waals surface area contributed by atoms with Crippen molar-refractivity contribution in [2.75, 3.05) is 6.61 Å². The number of fused-ring (bicyclic) bond motifs is 1. The number of hydrogen-bond donors (Lipinski definition) is 0. The summed E-state index contributed by atoms with van der Waals surface area (Å²) < 4.78 is 76.3. The van der Waals surface area contributed by atoms with Gasteiger partial charge in [-0.25, -0.2) is 13.2 Å². The average molecular weight is 380 g/mol. The summed E-state index contributed by atoms with van der Waals surface area (Å²) in [4.78, 5) is 0. The second kappa shape index (κ2) is 7.65. The molecule has 0 aliphatic heterocycles. The molecule has 0 amide bonds. The summed E-state index contributed by atoms with van der Waals surface area (Å²) in [6, 6.07) is 9.07. The minimum absolute atomic E-state index is 0.0792. The molecule has 0 unspecified atom stereocenters. The zero-order chi connectivity index (χ0) is 19.6. The Morgan fingerprint density at radius 3 is 2.41 bits per heavy atom. The minimum Gasteiger partial charge on any atom is -0.489 e. The summed E-state index contributed by atoms with van der Waals surface area (Å²) in [6.07, 6.45) is 1.52. The van der Waals surface area contributed by atoms with Crippen LogP contribution in [0.15, 0.2) is 55.1 Å². The molecule has 0 atom stereocenters. The van der Waals surface area contributed by atoms with E-state index in [9.17, 15) is 22.0 Å². The van der Waals surface area contributed by atoms with E-state index in [4.69, 9.17) is 4.74 Å². The quantitative estimate of drug-likeness (QED) is 0.381. The predicted molar refractivity (Wildman–Crippen MR) is 91.6 cm³/mol. The van der Waals surface area contributed by atoms with Crippen LogP contribution in [0.4, 0.5) is 22.0 Å². The number of benzene rings is 3. The Kier molecular flexibility index (Phi) is 5.30. The Morgan fingerprint density at radius 2 is 1.74 bits per heavy atom. The highest BCUT2D eigenvalue weighted by molar-refractivity contribution is 5.89. The van der Waals surface area contributed by atoms with Crippen LogP contribution in [0.25, 0.3) is 21.9 Å². The summed E-state index contributed by atoms with van der Waals surface area (Å²) in [7, 11) is 0. The first-order chi connectivity index (χ1) is 12.9. The Labute approximate surface area is 151 Å². The maximum absolute atomic E-state index is 14.4. The van der Waals surface area contributed by atoms with Crippen molar-refractivity contribution >= 4 is 10.8 Å². The summed E-state index contributed by atoms with van der Waals surface area (Å²) in [5, 5.41) is -0.0438. The van der Waals surface area contributed by atoms with Crippen molar-refractivity contribution < 1.29 is 31.4 Å². The molecule has 0 bridgehead atoms. The fourth-order valence-corrected chi connectivity index (χ4v) is 2.65. The summed E-state index contributed by atoms with van der Waals surface area (Å²) in [6.45, 7) is 0.357. The molecule has 2 nitrogen and oxygen atoms in total. The van der Waals surface area contributed by atoms with Gasteiger partial charge in [0.25, 0.3) is 0 Å². The van der Waals surface area contributed by atoms with Crippen LogP contribution in [0.1, 0.15) is 0 Å². The Hall–Kier alpha value is -3.09. The number of ether oxygens (including phenoxy) is 2. The molecule has 0 fully saturated rings. The molecule has 0 heterocycles. The van der Waals surface area contributed by atoms with E-state index < -0.39 is 29.8 Å². The lowest BCUT2D eigenvalue weighted by Crippen LogP contribution is -2.06. The Balaban J connectivity index is 2.03. The van der Waals surface area contributed by atoms with E-state index in [0.717, 1.165) is 6.07 Å². The maximum atomic E-state index is 14.4. The maximum Gasteiger partial charge on any atom is 0.387 e. The van der Waals surface area contributed by atoms with E-state index in [2.05, 4.69) is 11.3 Å². The van der Waals surface area contributed by atoms with Gasteiger partial charge in [0.1, 0.15) is 18.2 Å². The molecule has 27 heavy (non-hydrogen) atoms. The third-order valence-electron chi connectivity index (χ3n) is 3.81. The van der Waals surface area contributed by atoms with Gasteiger partial charge in [0.05, 0.1) is 0 Å². The van der Waals surface area contributed by atoms with Crippen LogP contribution in [0, 0.1) is 17.5 Å². The molecule has 0 saturated heterocycles. The second-order valence-electron chi connectivity index (χ2n) is 5.56. The molecule has 3 aromatic carbocycles. The van der Waals surface area contributed by atoms with Gasteiger partial charge in [0, 0.05) is 17.0 Å². The molecule has 7 heteroatoms.